The Bertz CT molecular complexity index is 649. The summed E-state index contributed by atoms with van der Waals surface area (Å²) in [5, 5.41) is 28.3. The van der Waals surface area contributed by atoms with E-state index in [9.17, 15) is 9.60 Å². The van der Waals surface area contributed by atoms with Gasteiger partial charge in [-0.1, -0.05) is 0 Å². The zero-order valence-electron chi connectivity index (χ0n) is 10.7. The lowest BCUT2D eigenvalue weighted by Gasteiger charge is -2.16. The molecular weight excluding hydrogens is 347 g/mol. The van der Waals surface area contributed by atoms with Crippen LogP contribution in [0, 0.1) is 11.2 Å². The number of nitrogens with two attached hydrogens (primary N) is 1. The van der Waals surface area contributed by atoms with Gasteiger partial charge in [0, 0.05) is 19.2 Å². The largest absolute Gasteiger partial charge is 0.364 e. The summed E-state index contributed by atoms with van der Waals surface area (Å²) in [5.41, 5.74) is 5.40. The Kier molecular flexibility index (Phi) is 4.83. The minimum atomic E-state index is -0.570. The molecule has 1 aromatic carbocycles. The Morgan fingerprint density at radius 3 is 2.95 bits per heavy atom. The van der Waals surface area contributed by atoms with Crippen LogP contribution in [0.15, 0.2) is 27.3 Å². The van der Waals surface area contributed by atoms with Crippen LogP contribution in [-0.2, 0) is 0 Å². The first-order valence-corrected chi connectivity index (χ1v) is 6.63. The van der Waals surface area contributed by atoms with E-state index in [2.05, 4.69) is 36.2 Å². The zero-order valence-corrected chi connectivity index (χ0v) is 12.3. The highest BCUT2D eigenvalue weighted by atomic mass is 79.9. The molecule has 0 saturated carbocycles. The van der Waals surface area contributed by atoms with E-state index in [1.165, 1.54) is 12.1 Å². The first-order chi connectivity index (χ1) is 10.0. The Morgan fingerprint density at radius 1 is 1.52 bits per heavy atom. The van der Waals surface area contributed by atoms with Crippen molar-refractivity contribution in [1.29, 1.82) is 5.41 Å². The van der Waals surface area contributed by atoms with E-state index in [4.69, 9.17) is 11.1 Å². The van der Waals surface area contributed by atoms with Gasteiger partial charge in [-0.15, -0.1) is 0 Å². The number of amidine groups is 1. The predicted octanol–water partition coefficient (Wildman–Crippen LogP) is 1.56. The maximum absolute atomic E-state index is 13.5. The van der Waals surface area contributed by atoms with Gasteiger partial charge in [0.2, 0.25) is 5.82 Å². The summed E-state index contributed by atoms with van der Waals surface area (Å²) in [6.07, 6.45) is 0. The number of hydroxylamine groups is 1. The van der Waals surface area contributed by atoms with Gasteiger partial charge in [0.15, 0.2) is 11.5 Å². The molecule has 2 rings (SSSR count). The Hall–Kier alpha value is -2.04. The van der Waals surface area contributed by atoms with E-state index in [1.807, 2.05) is 0 Å². The lowest BCUT2D eigenvalue weighted by Crippen LogP contribution is -2.28. The number of aromatic nitrogens is 2. The van der Waals surface area contributed by atoms with Crippen LogP contribution in [0.1, 0.15) is 5.69 Å². The fourth-order valence-corrected chi connectivity index (χ4v) is 1.74. The van der Waals surface area contributed by atoms with E-state index in [1.54, 1.807) is 0 Å². The van der Waals surface area contributed by atoms with Crippen molar-refractivity contribution in [3.8, 4) is 0 Å². The highest BCUT2D eigenvalue weighted by Gasteiger charge is 2.21. The van der Waals surface area contributed by atoms with E-state index in [-0.39, 0.29) is 21.7 Å². The Balaban J connectivity index is 2.22. The topological polar surface area (TPSA) is 124 Å². The first-order valence-electron chi connectivity index (χ1n) is 5.84. The van der Waals surface area contributed by atoms with Gasteiger partial charge in [0.1, 0.15) is 5.82 Å². The van der Waals surface area contributed by atoms with Crippen molar-refractivity contribution in [2.24, 2.45) is 5.73 Å². The summed E-state index contributed by atoms with van der Waals surface area (Å²) < 4.78 is 18.2. The number of nitrogens with one attached hydrogen (secondary N) is 2. The quantitative estimate of drug-likeness (QED) is 0.363. The SMILES string of the molecule is N=C(c1nonc1NCCN)N(O)c1ccc(Br)c(F)c1. The second kappa shape index (κ2) is 6.61. The average molecular weight is 359 g/mol. The van der Waals surface area contributed by atoms with Gasteiger partial charge in [-0.3, -0.25) is 10.6 Å². The molecule has 0 atom stereocenters. The number of nitrogens with zero attached hydrogens (tertiary/aromatic N) is 3. The molecule has 0 aliphatic carbocycles. The third kappa shape index (κ3) is 3.35. The van der Waals surface area contributed by atoms with Gasteiger partial charge in [-0.2, -0.15) is 0 Å². The molecular formula is C11H12BrFN6O2. The zero-order chi connectivity index (χ0) is 15.4. The number of rotatable bonds is 5. The van der Waals surface area contributed by atoms with Crippen molar-refractivity contribution < 1.29 is 14.2 Å². The van der Waals surface area contributed by atoms with Gasteiger partial charge >= 0.3 is 0 Å². The molecule has 0 saturated heterocycles. The molecule has 21 heavy (non-hydrogen) atoms. The lowest BCUT2D eigenvalue weighted by atomic mass is 10.3. The summed E-state index contributed by atoms with van der Waals surface area (Å²) in [4.78, 5) is 0. The Morgan fingerprint density at radius 2 is 2.29 bits per heavy atom. The first kappa shape index (κ1) is 15.4. The van der Waals surface area contributed by atoms with Crippen LogP contribution in [0.4, 0.5) is 15.9 Å². The van der Waals surface area contributed by atoms with Gasteiger partial charge < -0.3 is 11.1 Å². The van der Waals surface area contributed by atoms with Crippen molar-refractivity contribution >= 4 is 33.3 Å². The van der Waals surface area contributed by atoms with Gasteiger partial charge in [-0.25, -0.2) is 14.1 Å². The molecule has 0 radical (unpaired) electrons. The summed E-state index contributed by atoms with van der Waals surface area (Å²) in [6.45, 7) is 0.743. The number of anilines is 2. The fourth-order valence-electron chi connectivity index (χ4n) is 1.50. The van der Waals surface area contributed by atoms with Crippen LogP contribution >= 0.6 is 15.9 Å². The summed E-state index contributed by atoms with van der Waals surface area (Å²) >= 11 is 3.01. The second-order valence-corrected chi connectivity index (χ2v) is 4.79. The number of benzene rings is 1. The molecule has 8 nitrogen and oxygen atoms in total. The molecule has 0 amide bonds. The molecule has 5 N–H and O–H groups in total. The molecule has 2 aromatic rings. The normalized spacial score (nSPS) is 10.5. The van der Waals surface area contributed by atoms with E-state index in [0.717, 1.165) is 6.07 Å². The van der Waals surface area contributed by atoms with E-state index >= 15 is 0 Å². The smallest absolute Gasteiger partial charge is 0.202 e. The van der Waals surface area contributed by atoms with E-state index in [0.29, 0.717) is 18.2 Å². The highest BCUT2D eigenvalue weighted by molar-refractivity contribution is 9.10. The average Bonchev–Trinajstić information content (AvgIpc) is 2.94. The molecule has 112 valence electrons. The Labute approximate surface area is 127 Å². The van der Waals surface area contributed by atoms with Crippen molar-refractivity contribution in [1.82, 2.24) is 10.3 Å². The molecule has 1 heterocycles. The second-order valence-electron chi connectivity index (χ2n) is 3.94. The number of hydrogen-bond donors (Lipinski definition) is 4. The van der Waals surface area contributed by atoms with Gasteiger partial charge in [0.25, 0.3) is 0 Å². The van der Waals surface area contributed by atoms with Crippen LogP contribution in [0.5, 0.6) is 0 Å². The molecule has 0 bridgehead atoms. The van der Waals surface area contributed by atoms with Crippen LogP contribution in [0.3, 0.4) is 0 Å². The van der Waals surface area contributed by atoms with Crippen LogP contribution in [0.2, 0.25) is 0 Å². The predicted molar refractivity (Wildman–Crippen MR) is 77.0 cm³/mol. The van der Waals surface area contributed by atoms with Crippen LogP contribution in [-0.4, -0.2) is 34.4 Å². The maximum atomic E-state index is 13.5. The van der Waals surface area contributed by atoms with Crippen molar-refractivity contribution in [3.63, 3.8) is 0 Å². The van der Waals surface area contributed by atoms with Crippen molar-refractivity contribution in [3.05, 3.63) is 34.2 Å². The molecule has 0 unspecified atom stereocenters. The van der Waals surface area contributed by atoms with Gasteiger partial charge in [0.05, 0.1) is 10.2 Å². The molecule has 0 aliphatic rings. The third-order valence-electron chi connectivity index (χ3n) is 2.51. The van der Waals surface area contributed by atoms with Crippen molar-refractivity contribution in [2.75, 3.05) is 23.5 Å². The maximum Gasteiger partial charge on any atom is 0.202 e. The molecule has 0 fully saturated rings. The number of hydrogen-bond acceptors (Lipinski definition) is 7. The number of halogens is 2. The third-order valence-corrected chi connectivity index (χ3v) is 3.15. The molecule has 1 aromatic heterocycles. The summed E-state index contributed by atoms with van der Waals surface area (Å²) in [6, 6.07) is 3.91. The summed E-state index contributed by atoms with van der Waals surface area (Å²) in [7, 11) is 0. The molecule has 0 spiro atoms. The standard InChI is InChI=1S/C11H12BrFN6O2/c12-7-2-1-6(5-8(7)13)19(20)10(15)9-11(16-4-3-14)18-21-17-9/h1-2,5,15,20H,3-4,14H2,(H,16,18). The molecule has 10 heteroatoms. The molecule has 0 aliphatic heterocycles. The summed E-state index contributed by atoms with van der Waals surface area (Å²) in [5.74, 6) is -0.821. The minimum absolute atomic E-state index is 0.0192. The van der Waals surface area contributed by atoms with Crippen LogP contribution < -0.4 is 16.1 Å². The monoisotopic (exact) mass is 358 g/mol. The highest BCUT2D eigenvalue weighted by Crippen LogP contribution is 2.23. The van der Waals surface area contributed by atoms with Crippen LogP contribution in [0.25, 0.3) is 0 Å². The van der Waals surface area contributed by atoms with Gasteiger partial charge in [-0.05, 0) is 38.4 Å². The minimum Gasteiger partial charge on any atom is -0.364 e. The fraction of sp³-hybridized carbons (Fsp3) is 0.182. The lowest BCUT2D eigenvalue weighted by molar-refractivity contribution is 0.300. The van der Waals surface area contributed by atoms with Crippen molar-refractivity contribution in [2.45, 2.75) is 0 Å². The van der Waals surface area contributed by atoms with E-state index < -0.39 is 11.7 Å².